The molecule has 0 spiro atoms. The van der Waals surface area contributed by atoms with Gasteiger partial charge in [0.05, 0.1) is 0 Å². The Bertz CT molecular complexity index is 225. The molecule has 1 saturated carbocycles. The molecular weight excluding hydrogens is 260 g/mol. The van der Waals surface area contributed by atoms with Crippen molar-refractivity contribution in [1.82, 2.24) is 10.6 Å². The van der Waals surface area contributed by atoms with Crippen molar-refractivity contribution < 1.29 is 4.79 Å². The lowest BCUT2D eigenvalue weighted by atomic mass is 9.89. The minimum absolute atomic E-state index is 0. The summed E-state index contributed by atoms with van der Waals surface area (Å²) in [6.45, 7) is 3.19. The van der Waals surface area contributed by atoms with Gasteiger partial charge < -0.3 is 10.6 Å². The van der Waals surface area contributed by atoms with Gasteiger partial charge in [-0.3, -0.25) is 4.79 Å². The molecule has 0 unspecified atom stereocenters. The monoisotopic (exact) mass is 288 g/mol. The van der Waals surface area contributed by atoms with Crippen molar-refractivity contribution >= 4 is 18.3 Å². The average molecular weight is 289 g/mol. The van der Waals surface area contributed by atoms with Crippen LogP contribution in [0.4, 0.5) is 0 Å². The maximum absolute atomic E-state index is 11.8. The highest BCUT2D eigenvalue weighted by Gasteiger charge is 2.16. The average Bonchev–Trinajstić information content (AvgIpc) is 2.45. The highest BCUT2D eigenvalue weighted by Crippen LogP contribution is 2.23. The van der Waals surface area contributed by atoms with E-state index in [0.29, 0.717) is 0 Å². The number of hydrogen-bond acceptors (Lipinski definition) is 2. The Morgan fingerprint density at radius 2 is 1.68 bits per heavy atom. The molecule has 2 fully saturated rings. The Hall–Kier alpha value is -0.280. The number of carbonyl (C=O) groups excluding carboxylic acids is 1. The first kappa shape index (κ1) is 16.8. The number of halogens is 1. The smallest absolute Gasteiger partial charge is 0.220 e. The topological polar surface area (TPSA) is 41.1 Å². The van der Waals surface area contributed by atoms with Gasteiger partial charge >= 0.3 is 0 Å². The summed E-state index contributed by atoms with van der Waals surface area (Å²) in [7, 11) is 0. The third kappa shape index (κ3) is 6.62. The van der Waals surface area contributed by atoms with Crippen molar-refractivity contribution in [3.8, 4) is 0 Å². The van der Waals surface area contributed by atoms with Gasteiger partial charge in [0.15, 0.2) is 0 Å². The highest BCUT2D eigenvalue weighted by atomic mass is 35.5. The van der Waals surface area contributed by atoms with Gasteiger partial charge in [-0.15, -0.1) is 12.4 Å². The minimum atomic E-state index is 0. The zero-order valence-electron chi connectivity index (χ0n) is 12.0. The second-order valence-corrected chi connectivity index (χ2v) is 6.04. The summed E-state index contributed by atoms with van der Waals surface area (Å²) >= 11 is 0. The molecule has 4 heteroatoms. The van der Waals surface area contributed by atoms with Crippen LogP contribution >= 0.6 is 12.4 Å². The molecule has 2 aliphatic rings. The van der Waals surface area contributed by atoms with Crippen molar-refractivity contribution in [2.24, 2.45) is 11.8 Å². The Morgan fingerprint density at radius 1 is 1.00 bits per heavy atom. The fraction of sp³-hybridized carbons (Fsp3) is 0.933. The summed E-state index contributed by atoms with van der Waals surface area (Å²) in [5, 5.41) is 6.51. The molecule has 19 heavy (non-hydrogen) atoms. The van der Waals surface area contributed by atoms with E-state index in [2.05, 4.69) is 10.6 Å². The predicted molar refractivity (Wildman–Crippen MR) is 81.7 cm³/mol. The molecule has 1 aliphatic heterocycles. The molecule has 0 radical (unpaired) electrons. The first-order valence-corrected chi connectivity index (χ1v) is 7.82. The van der Waals surface area contributed by atoms with Crippen molar-refractivity contribution in [1.29, 1.82) is 0 Å². The first-order chi connectivity index (χ1) is 8.84. The molecule has 1 aliphatic carbocycles. The van der Waals surface area contributed by atoms with Crippen molar-refractivity contribution in [3.63, 3.8) is 0 Å². The van der Waals surface area contributed by atoms with Crippen LogP contribution in [0.2, 0.25) is 0 Å². The second kappa shape index (κ2) is 9.60. The van der Waals surface area contributed by atoms with E-state index in [4.69, 9.17) is 0 Å². The summed E-state index contributed by atoms with van der Waals surface area (Å²) in [6.07, 6.45) is 11.0. The quantitative estimate of drug-likeness (QED) is 0.817. The van der Waals surface area contributed by atoms with Gasteiger partial charge in [0.25, 0.3) is 0 Å². The molecule has 0 aromatic rings. The fourth-order valence-corrected chi connectivity index (χ4v) is 3.24. The molecule has 0 aromatic carbocycles. The van der Waals surface area contributed by atoms with Gasteiger partial charge in [0.2, 0.25) is 5.91 Å². The molecule has 1 heterocycles. The van der Waals surface area contributed by atoms with Gasteiger partial charge in [-0.2, -0.15) is 0 Å². The standard InChI is InChI=1S/C15H28N2O.ClH/c18-15(7-6-13-8-10-16-11-9-13)17-12-14-4-2-1-3-5-14;/h13-14,16H,1-12H2,(H,17,18);1H. The van der Waals surface area contributed by atoms with Crippen LogP contribution in [-0.2, 0) is 4.79 Å². The number of amides is 1. The van der Waals surface area contributed by atoms with Crippen LogP contribution in [0.5, 0.6) is 0 Å². The molecule has 2 rings (SSSR count). The predicted octanol–water partition coefficient (Wildman–Crippen LogP) is 2.88. The molecule has 3 nitrogen and oxygen atoms in total. The normalized spacial score (nSPS) is 21.7. The Morgan fingerprint density at radius 3 is 2.37 bits per heavy atom. The third-order valence-corrected chi connectivity index (χ3v) is 4.55. The lowest BCUT2D eigenvalue weighted by molar-refractivity contribution is -0.121. The maximum atomic E-state index is 11.8. The van der Waals surface area contributed by atoms with Crippen molar-refractivity contribution in [3.05, 3.63) is 0 Å². The van der Waals surface area contributed by atoms with Crippen LogP contribution in [0.25, 0.3) is 0 Å². The first-order valence-electron chi connectivity index (χ1n) is 7.82. The van der Waals surface area contributed by atoms with Gasteiger partial charge in [-0.1, -0.05) is 19.3 Å². The van der Waals surface area contributed by atoms with Crippen LogP contribution in [0.3, 0.4) is 0 Å². The number of rotatable bonds is 5. The number of nitrogens with one attached hydrogen (secondary N) is 2. The van der Waals surface area contributed by atoms with Crippen LogP contribution in [0.1, 0.15) is 57.8 Å². The van der Waals surface area contributed by atoms with Crippen LogP contribution in [-0.4, -0.2) is 25.5 Å². The van der Waals surface area contributed by atoms with E-state index in [0.717, 1.165) is 44.3 Å². The summed E-state index contributed by atoms with van der Waals surface area (Å²) < 4.78 is 0. The van der Waals surface area contributed by atoms with E-state index in [1.165, 1.54) is 44.9 Å². The van der Waals surface area contributed by atoms with Crippen molar-refractivity contribution in [2.75, 3.05) is 19.6 Å². The summed E-state index contributed by atoms with van der Waals surface area (Å²) in [5.74, 6) is 1.80. The zero-order chi connectivity index (χ0) is 12.6. The number of piperidine rings is 1. The molecule has 112 valence electrons. The Balaban J connectivity index is 0.00000180. The maximum Gasteiger partial charge on any atom is 0.220 e. The van der Waals surface area contributed by atoms with E-state index in [9.17, 15) is 4.79 Å². The fourth-order valence-electron chi connectivity index (χ4n) is 3.24. The molecule has 1 amide bonds. The second-order valence-electron chi connectivity index (χ2n) is 6.04. The van der Waals surface area contributed by atoms with Crippen molar-refractivity contribution in [2.45, 2.75) is 57.8 Å². The SMILES string of the molecule is Cl.O=C(CCC1CCNCC1)NCC1CCCCC1. The lowest BCUT2D eigenvalue weighted by Crippen LogP contribution is -2.32. The van der Waals surface area contributed by atoms with Gasteiger partial charge in [-0.05, 0) is 57.0 Å². The molecule has 1 saturated heterocycles. The van der Waals surface area contributed by atoms with E-state index >= 15 is 0 Å². The summed E-state index contributed by atoms with van der Waals surface area (Å²) in [6, 6.07) is 0. The molecule has 0 atom stereocenters. The van der Waals surface area contributed by atoms with Crippen LogP contribution < -0.4 is 10.6 Å². The molecule has 0 bridgehead atoms. The highest BCUT2D eigenvalue weighted by molar-refractivity contribution is 5.85. The number of hydrogen-bond donors (Lipinski definition) is 2. The van der Waals surface area contributed by atoms with Gasteiger partial charge in [0, 0.05) is 13.0 Å². The van der Waals surface area contributed by atoms with Crippen LogP contribution in [0.15, 0.2) is 0 Å². The summed E-state index contributed by atoms with van der Waals surface area (Å²) in [4.78, 5) is 11.8. The lowest BCUT2D eigenvalue weighted by Gasteiger charge is -2.23. The Labute approximate surface area is 123 Å². The van der Waals surface area contributed by atoms with Gasteiger partial charge in [0.1, 0.15) is 0 Å². The minimum Gasteiger partial charge on any atom is -0.356 e. The Kier molecular flexibility index (Phi) is 8.47. The molecular formula is C15H29ClN2O. The van der Waals surface area contributed by atoms with E-state index in [1.54, 1.807) is 0 Å². The van der Waals surface area contributed by atoms with Crippen LogP contribution in [0, 0.1) is 11.8 Å². The largest absolute Gasteiger partial charge is 0.356 e. The van der Waals surface area contributed by atoms with E-state index < -0.39 is 0 Å². The molecule has 2 N–H and O–H groups in total. The van der Waals surface area contributed by atoms with E-state index in [-0.39, 0.29) is 18.3 Å². The number of carbonyl (C=O) groups is 1. The van der Waals surface area contributed by atoms with Gasteiger partial charge in [-0.25, -0.2) is 0 Å². The van der Waals surface area contributed by atoms with E-state index in [1.807, 2.05) is 0 Å². The zero-order valence-corrected chi connectivity index (χ0v) is 12.8. The third-order valence-electron chi connectivity index (χ3n) is 4.55. The summed E-state index contributed by atoms with van der Waals surface area (Å²) in [5.41, 5.74) is 0. The molecule has 0 aromatic heterocycles.